The number of alkyl halides is 2. The zero-order valence-electron chi connectivity index (χ0n) is 14.8. The number of carbonyl (C=O) groups is 1. The van der Waals surface area contributed by atoms with Gasteiger partial charge in [0, 0.05) is 12.8 Å². The van der Waals surface area contributed by atoms with E-state index in [4.69, 9.17) is 26.4 Å². The van der Waals surface area contributed by atoms with E-state index in [-0.39, 0.29) is 29.8 Å². The number of carbonyl (C=O) groups excluding carboxylic acids is 1. The molecule has 1 saturated heterocycles. The first-order chi connectivity index (χ1) is 12.9. The van der Waals surface area contributed by atoms with E-state index in [0.717, 1.165) is 0 Å². The summed E-state index contributed by atoms with van der Waals surface area (Å²) in [5, 5.41) is 6.06. The number of thiocarbonyl (C=S) groups is 1. The number of benzene rings is 1. The molecule has 1 fully saturated rings. The van der Waals surface area contributed by atoms with Crippen LogP contribution in [0.2, 0.25) is 0 Å². The molecule has 1 aliphatic heterocycles. The molecule has 7 nitrogen and oxygen atoms in total. The van der Waals surface area contributed by atoms with Crippen molar-refractivity contribution in [1.29, 1.82) is 0 Å². The Morgan fingerprint density at radius 3 is 2.67 bits per heavy atom. The molecule has 2 rings (SSSR count). The lowest BCUT2D eigenvalue weighted by atomic mass is 9.89. The van der Waals surface area contributed by atoms with Gasteiger partial charge in [-0.25, -0.2) is 0 Å². The minimum Gasteiger partial charge on any atom is -0.493 e. The van der Waals surface area contributed by atoms with Gasteiger partial charge in [-0.15, -0.1) is 0 Å². The summed E-state index contributed by atoms with van der Waals surface area (Å²) < 4.78 is 44.6. The van der Waals surface area contributed by atoms with Crippen LogP contribution in [-0.2, 0) is 14.3 Å². The second kappa shape index (κ2) is 9.47. The van der Waals surface area contributed by atoms with E-state index >= 15 is 0 Å². The maximum absolute atomic E-state index is 12.5. The first-order valence-corrected chi connectivity index (χ1v) is 8.32. The molecule has 1 aromatic rings. The topological polar surface area (TPSA) is 78.0 Å². The number of hydrogen-bond donors (Lipinski definition) is 2. The number of halogens is 2. The van der Waals surface area contributed by atoms with Gasteiger partial charge in [0.05, 0.1) is 19.8 Å². The average Bonchev–Trinajstić information content (AvgIpc) is 2.61. The smallest absolute Gasteiger partial charge is 0.387 e. The lowest BCUT2D eigenvalue weighted by Gasteiger charge is -2.35. The van der Waals surface area contributed by atoms with Crippen LogP contribution in [0, 0.1) is 5.92 Å². The molecule has 0 aromatic heterocycles. The van der Waals surface area contributed by atoms with Crippen LogP contribution in [0.3, 0.4) is 0 Å². The number of esters is 1. The van der Waals surface area contributed by atoms with Gasteiger partial charge in [0.2, 0.25) is 0 Å². The van der Waals surface area contributed by atoms with Crippen LogP contribution in [0.5, 0.6) is 11.5 Å². The molecule has 148 valence electrons. The summed E-state index contributed by atoms with van der Waals surface area (Å²) in [5.74, 6) is -1.36. The summed E-state index contributed by atoms with van der Waals surface area (Å²) in [6.45, 7) is 1.19. The minimum atomic E-state index is -2.99. The Labute approximate surface area is 160 Å². The van der Waals surface area contributed by atoms with Gasteiger partial charge in [-0.2, -0.15) is 8.78 Å². The lowest BCUT2D eigenvalue weighted by molar-refractivity contribution is -0.149. The predicted octanol–water partition coefficient (Wildman–Crippen LogP) is 2.13. The highest BCUT2D eigenvalue weighted by molar-refractivity contribution is 7.80. The van der Waals surface area contributed by atoms with Gasteiger partial charge in [-0.3, -0.25) is 4.79 Å². The summed E-state index contributed by atoms with van der Waals surface area (Å²) >= 11 is 5.14. The van der Waals surface area contributed by atoms with Crippen molar-refractivity contribution >= 4 is 23.3 Å². The number of ether oxygens (including phenoxy) is 4. The minimum absolute atomic E-state index is 0.0841. The number of rotatable bonds is 8. The second-order valence-corrected chi connectivity index (χ2v) is 5.94. The van der Waals surface area contributed by atoms with Crippen molar-refractivity contribution in [3.05, 3.63) is 36.0 Å². The van der Waals surface area contributed by atoms with Crippen LogP contribution in [-0.4, -0.2) is 45.1 Å². The molecule has 0 spiro atoms. The Balaban J connectivity index is 2.31. The van der Waals surface area contributed by atoms with Gasteiger partial charge in [-0.1, -0.05) is 12.6 Å². The number of methoxy groups -OCH3 is 2. The molecule has 27 heavy (non-hydrogen) atoms. The fourth-order valence-corrected chi connectivity index (χ4v) is 2.88. The van der Waals surface area contributed by atoms with E-state index in [1.54, 1.807) is 0 Å². The first kappa shape index (κ1) is 20.8. The van der Waals surface area contributed by atoms with Crippen molar-refractivity contribution in [1.82, 2.24) is 10.6 Å². The molecule has 0 amide bonds. The van der Waals surface area contributed by atoms with E-state index in [1.165, 1.54) is 32.4 Å². The van der Waals surface area contributed by atoms with Gasteiger partial charge < -0.3 is 29.6 Å². The van der Waals surface area contributed by atoms with Gasteiger partial charge in [-0.05, 0) is 29.9 Å². The fraction of sp³-hybridized carbons (Fsp3) is 0.412. The van der Waals surface area contributed by atoms with Crippen molar-refractivity contribution in [3.63, 3.8) is 0 Å². The summed E-state index contributed by atoms with van der Waals surface area (Å²) in [6.07, 6.45) is 0. The molecule has 2 N–H and O–H groups in total. The maximum atomic E-state index is 12.5. The summed E-state index contributed by atoms with van der Waals surface area (Å²) in [4.78, 5) is 12.5. The third-order valence-corrected chi connectivity index (χ3v) is 4.04. The van der Waals surface area contributed by atoms with E-state index in [9.17, 15) is 13.6 Å². The molecule has 1 aliphatic rings. The third-order valence-electron chi connectivity index (χ3n) is 3.82. The SMILES string of the molecule is C=C1NC(=S)N[C@@H](c2ccc(OC(F)F)c(OC)c2)[C@@H]1C(=O)OCCOC. The van der Waals surface area contributed by atoms with E-state index in [0.29, 0.717) is 11.3 Å². The fourth-order valence-electron chi connectivity index (χ4n) is 2.63. The molecule has 0 unspecified atom stereocenters. The first-order valence-electron chi connectivity index (χ1n) is 7.92. The van der Waals surface area contributed by atoms with Crippen LogP contribution < -0.4 is 20.1 Å². The molecule has 10 heteroatoms. The lowest BCUT2D eigenvalue weighted by Crippen LogP contribution is -2.51. The van der Waals surface area contributed by atoms with Crippen molar-refractivity contribution in [2.75, 3.05) is 27.4 Å². The van der Waals surface area contributed by atoms with Gasteiger partial charge in [0.1, 0.15) is 12.5 Å². The molecule has 0 saturated carbocycles. The Kier molecular flexibility index (Phi) is 7.31. The van der Waals surface area contributed by atoms with Gasteiger partial charge in [0.15, 0.2) is 16.6 Å². The molecular weight excluding hydrogens is 382 g/mol. The Morgan fingerprint density at radius 2 is 2.04 bits per heavy atom. The van der Waals surface area contributed by atoms with Crippen LogP contribution in [0.1, 0.15) is 11.6 Å². The Hall–Kier alpha value is -2.46. The third kappa shape index (κ3) is 5.27. The standard InChI is InChI=1S/C17H20F2N2O5S/c1-9-13(15(22)25-7-6-23-2)14(21-17(27)20-9)10-4-5-11(26-16(18)19)12(8-10)24-3/h4-5,8,13-14,16H,1,6-7H2,2-3H3,(H2,20,21,27)/t13-,14+/m1/s1. The van der Waals surface area contributed by atoms with Crippen LogP contribution in [0.15, 0.2) is 30.5 Å². The second-order valence-electron chi connectivity index (χ2n) is 5.53. The van der Waals surface area contributed by atoms with Crippen molar-refractivity contribution in [2.24, 2.45) is 5.92 Å². The summed E-state index contributed by atoms with van der Waals surface area (Å²) in [6, 6.07) is 3.74. The monoisotopic (exact) mass is 402 g/mol. The van der Waals surface area contributed by atoms with Gasteiger partial charge >= 0.3 is 12.6 Å². The summed E-state index contributed by atoms with van der Waals surface area (Å²) in [5.41, 5.74) is 0.921. The molecular formula is C17H20F2N2O5S. The molecule has 2 atom stereocenters. The molecule has 1 aromatic carbocycles. The van der Waals surface area contributed by atoms with Crippen molar-refractivity contribution in [3.8, 4) is 11.5 Å². The molecule has 0 radical (unpaired) electrons. The average molecular weight is 402 g/mol. The highest BCUT2D eigenvalue weighted by Gasteiger charge is 2.38. The zero-order valence-corrected chi connectivity index (χ0v) is 15.6. The van der Waals surface area contributed by atoms with Crippen molar-refractivity contribution < 1.29 is 32.5 Å². The zero-order chi connectivity index (χ0) is 20.0. The molecule has 0 aliphatic carbocycles. The van der Waals surface area contributed by atoms with Crippen LogP contribution in [0.4, 0.5) is 8.78 Å². The quantitative estimate of drug-likeness (QED) is 0.389. The van der Waals surface area contributed by atoms with Crippen LogP contribution in [0.25, 0.3) is 0 Å². The van der Waals surface area contributed by atoms with Crippen LogP contribution >= 0.6 is 12.2 Å². The number of hydrogen-bond acceptors (Lipinski definition) is 6. The largest absolute Gasteiger partial charge is 0.493 e. The highest BCUT2D eigenvalue weighted by Crippen LogP contribution is 2.36. The molecule has 1 heterocycles. The van der Waals surface area contributed by atoms with E-state index in [1.807, 2.05) is 0 Å². The van der Waals surface area contributed by atoms with E-state index < -0.39 is 24.5 Å². The Bertz CT molecular complexity index is 717. The van der Waals surface area contributed by atoms with Gasteiger partial charge in [0.25, 0.3) is 0 Å². The number of nitrogens with one attached hydrogen (secondary N) is 2. The van der Waals surface area contributed by atoms with E-state index in [2.05, 4.69) is 21.9 Å². The van der Waals surface area contributed by atoms with Crippen molar-refractivity contribution in [2.45, 2.75) is 12.7 Å². The highest BCUT2D eigenvalue weighted by atomic mass is 32.1. The maximum Gasteiger partial charge on any atom is 0.387 e. The predicted molar refractivity (Wildman–Crippen MR) is 96.7 cm³/mol. The normalized spacial score (nSPS) is 19.3. The Morgan fingerprint density at radius 1 is 1.30 bits per heavy atom. The molecule has 0 bridgehead atoms. The summed E-state index contributed by atoms with van der Waals surface area (Å²) in [7, 11) is 2.82.